The first-order valence-corrected chi connectivity index (χ1v) is 6.61. The number of fused-ring (bicyclic) bond motifs is 1. The first-order valence-electron chi connectivity index (χ1n) is 6.61. The molecule has 18 heavy (non-hydrogen) atoms. The highest BCUT2D eigenvalue weighted by Gasteiger charge is 2.17. The number of nitrogens with one attached hydrogen (secondary N) is 2. The maximum Gasteiger partial charge on any atom is 0.261 e. The van der Waals surface area contributed by atoms with Crippen molar-refractivity contribution in [3.8, 4) is 0 Å². The van der Waals surface area contributed by atoms with Crippen LogP contribution in [0.1, 0.15) is 48.3 Å². The van der Waals surface area contributed by atoms with Crippen molar-refractivity contribution in [1.82, 2.24) is 10.3 Å². The van der Waals surface area contributed by atoms with E-state index in [1.54, 1.807) is 6.07 Å². The van der Waals surface area contributed by atoms with Crippen molar-refractivity contribution in [2.24, 2.45) is 5.92 Å². The molecule has 0 spiro atoms. The molecule has 1 aliphatic rings. The summed E-state index contributed by atoms with van der Waals surface area (Å²) in [5, 5.41) is 2.80. The summed E-state index contributed by atoms with van der Waals surface area (Å²) in [4.78, 5) is 26.5. The maximum absolute atomic E-state index is 11.9. The minimum absolute atomic E-state index is 0.249. The summed E-state index contributed by atoms with van der Waals surface area (Å²) in [6.07, 6.45) is 3.86. The van der Waals surface area contributed by atoms with Crippen LogP contribution in [0, 0.1) is 5.92 Å². The number of carbonyl (C=O) groups excluding carboxylic acids is 1. The summed E-state index contributed by atoms with van der Waals surface area (Å²) in [6, 6.07) is 1.76. The van der Waals surface area contributed by atoms with Crippen molar-refractivity contribution in [1.29, 1.82) is 0 Å². The number of H-pyrrole nitrogens is 1. The van der Waals surface area contributed by atoms with Crippen LogP contribution in [-0.2, 0) is 12.8 Å². The fourth-order valence-electron chi connectivity index (χ4n) is 2.25. The van der Waals surface area contributed by atoms with Gasteiger partial charge < -0.3 is 10.3 Å². The molecular weight excluding hydrogens is 228 g/mol. The van der Waals surface area contributed by atoms with Crippen LogP contribution in [0.15, 0.2) is 10.9 Å². The molecule has 0 atom stereocenters. The Morgan fingerprint density at radius 2 is 2.22 bits per heavy atom. The van der Waals surface area contributed by atoms with Crippen LogP contribution in [0.2, 0.25) is 0 Å². The molecule has 1 aromatic rings. The minimum Gasteiger partial charge on any atom is -0.352 e. The lowest BCUT2D eigenvalue weighted by atomic mass is 10.1. The quantitative estimate of drug-likeness (QED) is 0.851. The molecule has 4 heteroatoms. The second kappa shape index (κ2) is 5.38. The molecule has 1 aromatic heterocycles. The van der Waals surface area contributed by atoms with E-state index in [2.05, 4.69) is 24.1 Å². The largest absolute Gasteiger partial charge is 0.352 e. The van der Waals surface area contributed by atoms with E-state index in [4.69, 9.17) is 0 Å². The van der Waals surface area contributed by atoms with Gasteiger partial charge in [0.15, 0.2) is 0 Å². The van der Waals surface area contributed by atoms with Gasteiger partial charge in [-0.1, -0.05) is 13.8 Å². The fourth-order valence-corrected chi connectivity index (χ4v) is 2.25. The predicted octanol–water partition coefficient (Wildman–Crippen LogP) is 1.64. The molecule has 1 heterocycles. The van der Waals surface area contributed by atoms with Gasteiger partial charge in [0.25, 0.3) is 11.5 Å². The molecule has 0 aromatic carbocycles. The number of hydrogen-bond donors (Lipinski definition) is 2. The molecule has 0 aliphatic heterocycles. The topological polar surface area (TPSA) is 62.0 Å². The second-order valence-electron chi connectivity index (χ2n) is 5.31. The number of aromatic amines is 1. The lowest BCUT2D eigenvalue weighted by Crippen LogP contribution is -2.31. The number of rotatable bonds is 4. The van der Waals surface area contributed by atoms with Crippen LogP contribution in [-0.4, -0.2) is 17.4 Å². The van der Waals surface area contributed by atoms with Gasteiger partial charge in [0, 0.05) is 12.2 Å². The summed E-state index contributed by atoms with van der Waals surface area (Å²) in [5.41, 5.74) is 2.10. The van der Waals surface area contributed by atoms with E-state index in [9.17, 15) is 9.59 Å². The van der Waals surface area contributed by atoms with E-state index < -0.39 is 0 Å². The zero-order chi connectivity index (χ0) is 13.1. The van der Waals surface area contributed by atoms with Gasteiger partial charge in [-0.05, 0) is 43.2 Å². The van der Waals surface area contributed by atoms with E-state index >= 15 is 0 Å². The SMILES string of the molecule is CC(C)CCNC(=O)c1cc2c([nH]c1=O)CCC2. The first-order chi connectivity index (χ1) is 8.58. The Balaban J connectivity index is 2.09. The summed E-state index contributed by atoms with van der Waals surface area (Å²) in [6.45, 7) is 4.83. The summed E-state index contributed by atoms with van der Waals surface area (Å²) >= 11 is 0. The highest BCUT2D eigenvalue weighted by Crippen LogP contribution is 2.18. The van der Waals surface area contributed by atoms with Gasteiger partial charge >= 0.3 is 0 Å². The number of amides is 1. The van der Waals surface area contributed by atoms with Gasteiger partial charge in [-0.3, -0.25) is 9.59 Å². The van der Waals surface area contributed by atoms with Crippen molar-refractivity contribution in [2.75, 3.05) is 6.54 Å². The molecule has 0 saturated carbocycles. The molecule has 0 fully saturated rings. The van der Waals surface area contributed by atoms with Crippen LogP contribution >= 0.6 is 0 Å². The summed E-state index contributed by atoms with van der Waals surface area (Å²) in [5.74, 6) is 0.287. The van der Waals surface area contributed by atoms with E-state index in [0.717, 1.165) is 36.9 Å². The van der Waals surface area contributed by atoms with Crippen LogP contribution in [0.3, 0.4) is 0 Å². The predicted molar refractivity (Wildman–Crippen MR) is 70.9 cm³/mol. The fraction of sp³-hybridized carbons (Fsp3) is 0.571. The van der Waals surface area contributed by atoms with Gasteiger partial charge in [-0.15, -0.1) is 0 Å². The van der Waals surface area contributed by atoms with Crippen LogP contribution in [0.4, 0.5) is 0 Å². The lowest BCUT2D eigenvalue weighted by Gasteiger charge is -2.08. The molecule has 0 radical (unpaired) electrons. The van der Waals surface area contributed by atoms with Crippen molar-refractivity contribution < 1.29 is 4.79 Å². The Bertz CT molecular complexity index is 503. The molecule has 98 valence electrons. The molecule has 1 aliphatic carbocycles. The minimum atomic E-state index is -0.266. The monoisotopic (exact) mass is 248 g/mol. The van der Waals surface area contributed by atoms with Gasteiger partial charge in [0.2, 0.25) is 0 Å². The average Bonchev–Trinajstić information content (AvgIpc) is 2.74. The smallest absolute Gasteiger partial charge is 0.261 e. The van der Waals surface area contributed by atoms with Crippen molar-refractivity contribution >= 4 is 5.91 Å². The standard InChI is InChI=1S/C14H20N2O2/c1-9(2)6-7-15-13(17)11-8-10-4-3-5-12(10)16-14(11)18/h8-9H,3-7H2,1-2H3,(H,15,17)(H,16,18). The normalized spacial score (nSPS) is 13.7. The van der Waals surface area contributed by atoms with E-state index in [1.165, 1.54) is 0 Å². The Kier molecular flexibility index (Phi) is 3.84. The lowest BCUT2D eigenvalue weighted by molar-refractivity contribution is 0.0950. The molecular formula is C14H20N2O2. The number of aromatic nitrogens is 1. The number of hydrogen-bond acceptors (Lipinski definition) is 2. The van der Waals surface area contributed by atoms with Crippen molar-refractivity contribution in [3.63, 3.8) is 0 Å². The Hall–Kier alpha value is -1.58. The summed E-state index contributed by atoms with van der Waals surface area (Å²) < 4.78 is 0. The van der Waals surface area contributed by atoms with Crippen LogP contribution < -0.4 is 10.9 Å². The van der Waals surface area contributed by atoms with Gasteiger partial charge in [0.05, 0.1) is 0 Å². The molecule has 2 rings (SSSR count). The number of aryl methyl sites for hydroxylation is 2. The third-order valence-electron chi connectivity index (χ3n) is 3.34. The Labute approximate surface area is 107 Å². The summed E-state index contributed by atoms with van der Waals surface area (Å²) in [7, 11) is 0. The zero-order valence-corrected chi connectivity index (χ0v) is 11.0. The third kappa shape index (κ3) is 2.81. The third-order valence-corrected chi connectivity index (χ3v) is 3.34. The van der Waals surface area contributed by atoms with Crippen LogP contribution in [0.25, 0.3) is 0 Å². The maximum atomic E-state index is 11.9. The average molecular weight is 248 g/mol. The molecule has 4 nitrogen and oxygen atoms in total. The Morgan fingerprint density at radius 1 is 1.44 bits per heavy atom. The van der Waals surface area contributed by atoms with Gasteiger partial charge in [-0.25, -0.2) is 0 Å². The van der Waals surface area contributed by atoms with Crippen LogP contribution in [0.5, 0.6) is 0 Å². The molecule has 0 unspecified atom stereocenters. The first kappa shape index (κ1) is 12.9. The molecule has 1 amide bonds. The highest BCUT2D eigenvalue weighted by atomic mass is 16.2. The number of pyridine rings is 1. The molecule has 0 saturated heterocycles. The van der Waals surface area contributed by atoms with Gasteiger partial charge in [-0.2, -0.15) is 0 Å². The second-order valence-corrected chi connectivity index (χ2v) is 5.31. The Morgan fingerprint density at radius 3 is 2.94 bits per heavy atom. The number of carbonyl (C=O) groups is 1. The van der Waals surface area contributed by atoms with Crippen molar-refractivity contribution in [3.05, 3.63) is 33.2 Å². The molecule has 0 bridgehead atoms. The van der Waals surface area contributed by atoms with E-state index in [1.807, 2.05) is 0 Å². The van der Waals surface area contributed by atoms with E-state index in [-0.39, 0.29) is 17.0 Å². The zero-order valence-electron chi connectivity index (χ0n) is 11.0. The molecule has 2 N–H and O–H groups in total. The van der Waals surface area contributed by atoms with E-state index in [0.29, 0.717) is 12.5 Å². The van der Waals surface area contributed by atoms with Gasteiger partial charge in [0.1, 0.15) is 5.56 Å². The van der Waals surface area contributed by atoms with Crippen molar-refractivity contribution in [2.45, 2.75) is 39.5 Å². The highest BCUT2D eigenvalue weighted by molar-refractivity contribution is 5.94.